The number of nitrogens with zero attached hydrogens (tertiary/aromatic N) is 1. The summed E-state index contributed by atoms with van der Waals surface area (Å²) in [5.74, 6) is 0.231. The number of aromatic nitrogens is 1. The molecule has 0 spiro atoms. The highest BCUT2D eigenvalue weighted by atomic mass is 19.1. The Morgan fingerprint density at radius 1 is 1.26 bits per heavy atom. The van der Waals surface area contributed by atoms with E-state index in [4.69, 9.17) is 4.74 Å². The van der Waals surface area contributed by atoms with Gasteiger partial charge in [0.1, 0.15) is 11.6 Å². The SMILES string of the molecule is CCOc1cc(F)ccc1NC(C)c1ccncc1. The van der Waals surface area contributed by atoms with Crippen LogP contribution in [0.5, 0.6) is 5.75 Å². The standard InChI is InChI=1S/C15H17FN2O/c1-3-19-15-10-13(16)4-5-14(15)18-11(2)12-6-8-17-9-7-12/h4-11,18H,3H2,1-2H3. The summed E-state index contributed by atoms with van der Waals surface area (Å²) in [4.78, 5) is 3.99. The van der Waals surface area contributed by atoms with Crippen molar-refractivity contribution in [2.24, 2.45) is 0 Å². The minimum Gasteiger partial charge on any atom is -0.492 e. The molecule has 1 aromatic carbocycles. The van der Waals surface area contributed by atoms with Gasteiger partial charge >= 0.3 is 0 Å². The van der Waals surface area contributed by atoms with Crippen molar-refractivity contribution < 1.29 is 9.13 Å². The van der Waals surface area contributed by atoms with E-state index in [1.807, 2.05) is 26.0 Å². The average Bonchev–Trinajstić information content (AvgIpc) is 2.43. The number of nitrogens with one attached hydrogen (secondary N) is 1. The van der Waals surface area contributed by atoms with Gasteiger partial charge < -0.3 is 10.1 Å². The van der Waals surface area contributed by atoms with Crippen molar-refractivity contribution in [2.45, 2.75) is 19.9 Å². The monoisotopic (exact) mass is 260 g/mol. The Labute approximate surface area is 112 Å². The number of anilines is 1. The number of ether oxygens (including phenoxy) is 1. The third-order valence-corrected chi connectivity index (χ3v) is 2.82. The Balaban J connectivity index is 2.18. The summed E-state index contributed by atoms with van der Waals surface area (Å²) in [7, 11) is 0. The van der Waals surface area contributed by atoms with Crippen LogP contribution in [0.1, 0.15) is 25.5 Å². The molecular formula is C15H17FN2O. The molecule has 0 amide bonds. The second-order valence-corrected chi connectivity index (χ2v) is 4.22. The summed E-state index contributed by atoms with van der Waals surface area (Å²) in [5, 5.41) is 3.32. The predicted molar refractivity (Wildman–Crippen MR) is 73.8 cm³/mol. The molecule has 2 rings (SSSR count). The summed E-state index contributed by atoms with van der Waals surface area (Å²) in [5.41, 5.74) is 1.90. The van der Waals surface area contributed by atoms with Crippen molar-refractivity contribution in [3.63, 3.8) is 0 Å². The van der Waals surface area contributed by atoms with Gasteiger partial charge in [-0.05, 0) is 43.7 Å². The summed E-state index contributed by atoms with van der Waals surface area (Å²) >= 11 is 0. The van der Waals surface area contributed by atoms with Gasteiger partial charge in [0, 0.05) is 24.5 Å². The Bertz CT molecular complexity index is 531. The zero-order chi connectivity index (χ0) is 13.7. The molecule has 0 saturated heterocycles. The van der Waals surface area contributed by atoms with Gasteiger partial charge in [0.15, 0.2) is 0 Å². The molecule has 0 radical (unpaired) electrons. The van der Waals surface area contributed by atoms with E-state index in [-0.39, 0.29) is 11.9 Å². The van der Waals surface area contributed by atoms with E-state index in [1.54, 1.807) is 18.5 Å². The number of pyridine rings is 1. The lowest BCUT2D eigenvalue weighted by Crippen LogP contribution is -2.08. The van der Waals surface area contributed by atoms with Gasteiger partial charge in [-0.2, -0.15) is 0 Å². The van der Waals surface area contributed by atoms with Crippen molar-refractivity contribution >= 4 is 5.69 Å². The van der Waals surface area contributed by atoms with Crippen LogP contribution in [0.25, 0.3) is 0 Å². The third kappa shape index (κ3) is 3.44. The molecule has 1 aromatic heterocycles. The predicted octanol–water partition coefficient (Wildman–Crippen LogP) is 3.79. The van der Waals surface area contributed by atoms with E-state index in [2.05, 4.69) is 10.3 Å². The fraction of sp³-hybridized carbons (Fsp3) is 0.267. The Morgan fingerprint density at radius 3 is 2.68 bits per heavy atom. The number of rotatable bonds is 5. The quantitative estimate of drug-likeness (QED) is 0.888. The Hall–Kier alpha value is -2.10. The van der Waals surface area contributed by atoms with Gasteiger partial charge in [0.2, 0.25) is 0 Å². The van der Waals surface area contributed by atoms with Crippen LogP contribution in [0.4, 0.5) is 10.1 Å². The lowest BCUT2D eigenvalue weighted by Gasteiger charge is -2.18. The van der Waals surface area contributed by atoms with Gasteiger partial charge in [-0.15, -0.1) is 0 Å². The lowest BCUT2D eigenvalue weighted by atomic mass is 10.1. The van der Waals surface area contributed by atoms with Crippen LogP contribution < -0.4 is 10.1 Å². The van der Waals surface area contributed by atoms with E-state index in [0.717, 1.165) is 11.3 Å². The highest BCUT2D eigenvalue weighted by molar-refractivity contribution is 5.57. The van der Waals surface area contributed by atoms with Crippen molar-refractivity contribution in [1.29, 1.82) is 0 Å². The summed E-state index contributed by atoms with van der Waals surface area (Å²) < 4.78 is 18.7. The molecule has 0 aliphatic rings. The zero-order valence-electron chi connectivity index (χ0n) is 11.1. The van der Waals surface area contributed by atoms with Crippen LogP contribution in [-0.4, -0.2) is 11.6 Å². The first-order chi connectivity index (χ1) is 9.20. The molecule has 0 fully saturated rings. The molecule has 0 aliphatic carbocycles. The molecule has 2 aromatic rings. The number of hydrogen-bond acceptors (Lipinski definition) is 3. The zero-order valence-corrected chi connectivity index (χ0v) is 11.1. The number of halogens is 1. The summed E-state index contributed by atoms with van der Waals surface area (Å²) in [6.07, 6.45) is 3.50. The smallest absolute Gasteiger partial charge is 0.145 e. The molecule has 0 saturated carbocycles. The Morgan fingerprint density at radius 2 is 2.00 bits per heavy atom. The van der Waals surface area contributed by atoms with Gasteiger partial charge in [-0.3, -0.25) is 4.98 Å². The number of benzene rings is 1. The van der Waals surface area contributed by atoms with Crippen molar-refractivity contribution in [2.75, 3.05) is 11.9 Å². The summed E-state index contributed by atoms with van der Waals surface area (Å²) in [6, 6.07) is 8.49. The highest BCUT2D eigenvalue weighted by Crippen LogP contribution is 2.29. The first-order valence-corrected chi connectivity index (χ1v) is 6.29. The molecule has 1 N–H and O–H groups in total. The summed E-state index contributed by atoms with van der Waals surface area (Å²) in [6.45, 7) is 4.41. The molecule has 1 atom stereocenters. The molecule has 1 heterocycles. The topological polar surface area (TPSA) is 34.1 Å². The molecule has 0 bridgehead atoms. The maximum Gasteiger partial charge on any atom is 0.145 e. The van der Waals surface area contributed by atoms with Gasteiger partial charge in [0.25, 0.3) is 0 Å². The van der Waals surface area contributed by atoms with Crippen LogP contribution in [0.3, 0.4) is 0 Å². The molecule has 100 valence electrons. The third-order valence-electron chi connectivity index (χ3n) is 2.82. The molecule has 3 nitrogen and oxygen atoms in total. The fourth-order valence-corrected chi connectivity index (χ4v) is 1.86. The van der Waals surface area contributed by atoms with Crippen molar-refractivity contribution in [1.82, 2.24) is 4.98 Å². The largest absolute Gasteiger partial charge is 0.492 e. The molecule has 1 unspecified atom stereocenters. The van der Waals surface area contributed by atoms with Gasteiger partial charge in [0.05, 0.1) is 12.3 Å². The van der Waals surface area contributed by atoms with Crippen LogP contribution in [-0.2, 0) is 0 Å². The normalized spacial score (nSPS) is 11.9. The number of hydrogen-bond donors (Lipinski definition) is 1. The van der Waals surface area contributed by atoms with E-state index < -0.39 is 0 Å². The molecule has 0 aliphatic heterocycles. The van der Waals surface area contributed by atoms with Crippen LogP contribution in [0, 0.1) is 5.82 Å². The van der Waals surface area contributed by atoms with Gasteiger partial charge in [-0.25, -0.2) is 4.39 Å². The molecular weight excluding hydrogens is 243 g/mol. The van der Waals surface area contributed by atoms with Gasteiger partial charge in [-0.1, -0.05) is 0 Å². The van der Waals surface area contributed by atoms with E-state index in [9.17, 15) is 4.39 Å². The van der Waals surface area contributed by atoms with Crippen molar-refractivity contribution in [3.05, 3.63) is 54.1 Å². The van der Waals surface area contributed by atoms with Crippen LogP contribution in [0.2, 0.25) is 0 Å². The first kappa shape index (κ1) is 13.3. The highest BCUT2D eigenvalue weighted by Gasteiger charge is 2.10. The molecule has 4 heteroatoms. The van der Waals surface area contributed by atoms with E-state index in [1.165, 1.54) is 12.1 Å². The average molecular weight is 260 g/mol. The first-order valence-electron chi connectivity index (χ1n) is 6.29. The minimum atomic E-state index is -0.300. The van der Waals surface area contributed by atoms with E-state index in [0.29, 0.717) is 12.4 Å². The molecule has 19 heavy (non-hydrogen) atoms. The van der Waals surface area contributed by atoms with Crippen LogP contribution >= 0.6 is 0 Å². The maximum atomic E-state index is 13.2. The fourth-order valence-electron chi connectivity index (χ4n) is 1.86. The van der Waals surface area contributed by atoms with Crippen molar-refractivity contribution in [3.8, 4) is 5.75 Å². The Kier molecular flexibility index (Phi) is 4.34. The minimum absolute atomic E-state index is 0.0904. The van der Waals surface area contributed by atoms with Crippen LogP contribution in [0.15, 0.2) is 42.7 Å². The second-order valence-electron chi connectivity index (χ2n) is 4.22. The second kappa shape index (κ2) is 6.18. The maximum absolute atomic E-state index is 13.2. The lowest BCUT2D eigenvalue weighted by molar-refractivity contribution is 0.339. The van der Waals surface area contributed by atoms with E-state index >= 15 is 0 Å².